The van der Waals surface area contributed by atoms with Crippen molar-refractivity contribution in [2.24, 2.45) is 0 Å². The first-order valence-corrected chi connectivity index (χ1v) is 12.0. The third-order valence-corrected chi connectivity index (χ3v) is 6.32. The Hall–Kier alpha value is -1.53. The van der Waals surface area contributed by atoms with Crippen LogP contribution in [-0.2, 0) is 19.1 Å². The highest BCUT2D eigenvalue weighted by Crippen LogP contribution is 2.31. The van der Waals surface area contributed by atoms with Crippen LogP contribution < -0.4 is 4.90 Å². The molecule has 7 heteroatoms. The average Bonchev–Trinajstić information content (AvgIpc) is 2.73. The molecule has 0 bridgehead atoms. The van der Waals surface area contributed by atoms with E-state index in [9.17, 15) is 14.4 Å². The van der Waals surface area contributed by atoms with E-state index in [0.29, 0.717) is 22.7 Å². The number of esters is 1. The predicted octanol–water partition coefficient (Wildman–Crippen LogP) is 5.86. The molecule has 0 atom stereocenters. The standard InChI is InChI=1S/C23H34ClNO4S/c1-5-6-7-8-9-10-11-12-22(28)30-16-20(26)25(15-21(27)29-4)23-17(2)13-14-19(24)18(23)3/h13-14H,5-12,15-16H2,1-4H3. The number of hydrogen-bond donors (Lipinski definition) is 0. The molecule has 0 unspecified atom stereocenters. The molecule has 0 aliphatic carbocycles. The van der Waals surface area contributed by atoms with Crippen molar-refractivity contribution in [2.45, 2.75) is 72.1 Å². The molecule has 1 rings (SSSR count). The fourth-order valence-electron chi connectivity index (χ4n) is 3.23. The molecule has 5 nitrogen and oxygen atoms in total. The Morgan fingerprint density at radius 1 is 1.03 bits per heavy atom. The second-order valence-corrected chi connectivity index (χ2v) is 8.87. The third-order valence-electron chi connectivity index (χ3n) is 4.99. The number of methoxy groups -OCH3 is 1. The molecule has 1 aromatic rings. The van der Waals surface area contributed by atoms with E-state index in [1.54, 1.807) is 19.1 Å². The lowest BCUT2D eigenvalue weighted by molar-refractivity contribution is -0.139. The Morgan fingerprint density at radius 3 is 2.30 bits per heavy atom. The van der Waals surface area contributed by atoms with Gasteiger partial charge in [-0.25, -0.2) is 0 Å². The van der Waals surface area contributed by atoms with Crippen molar-refractivity contribution in [3.63, 3.8) is 0 Å². The minimum atomic E-state index is -0.526. The van der Waals surface area contributed by atoms with Crippen LogP contribution in [0.2, 0.25) is 5.02 Å². The predicted molar refractivity (Wildman–Crippen MR) is 125 cm³/mol. The van der Waals surface area contributed by atoms with Crippen LogP contribution >= 0.6 is 23.4 Å². The highest BCUT2D eigenvalue weighted by atomic mass is 35.5. The van der Waals surface area contributed by atoms with Gasteiger partial charge < -0.3 is 4.74 Å². The quantitative estimate of drug-likeness (QED) is 0.275. The van der Waals surface area contributed by atoms with Crippen molar-refractivity contribution >= 4 is 46.0 Å². The van der Waals surface area contributed by atoms with E-state index < -0.39 is 5.97 Å². The van der Waals surface area contributed by atoms with Crippen LogP contribution in [-0.4, -0.2) is 36.4 Å². The van der Waals surface area contributed by atoms with Crippen LogP contribution in [0.5, 0.6) is 0 Å². The van der Waals surface area contributed by atoms with Crippen LogP contribution in [0.4, 0.5) is 5.69 Å². The molecule has 0 heterocycles. The number of nitrogens with zero attached hydrogens (tertiary/aromatic N) is 1. The molecular formula is C23H34ClNO4S. The topological polar surface area (TPSA) is 63.7 Å². The summed E-state index contributed by atoms with van der Waals surface area (Å²) in [6.45, 7) is 5.64. The van der Waals surface area contributed by atoms with Crippen LogP contribution in [0.1, 0.15) is 69.4 Å². The fourth-order valence-corrected chi connectivity index (χ4v) is 4.11. The van der Waals surface area contributed by atoms with E-state index >= 15 is 0 Å². The van der Waals surface area contributed by atoms with E-state index in [1.165, 1.54) is 37.7 Å². The molecule has 168 valence electrons. The lowest BCUT2D eigenvalue weighted by atomic mass is 10.1. The van der Waals surface area contributed by atoms with Gasteiger partial charge in [0.1, 0.15) is 6.54 Å². The molecule has 0 N–H and O–H groups in total. The fraction of sp³-hybridized carbons (Fsp3) is 0.609. The molecule has 0 saturated heterocycles. The summed E-state index contributed by atoms with van der Waals surface area (Å²) in [5.41, 5.74) is 2.14. The van der Waals surface area contributed by atoms with Crippen LogP contribution in [0.25, 0.3) is 0 Å². The van der Waals surface area contributed by atoms with Gasteiger partial charge in [0, 0.05) is 11.4 Å². The Kier molecular flexibility index (Phi) is 12.8. The highest BCUT2D eigenvalue weighted by Gasteiger charge is 2.24. The minimum absolute atomic E-state index is 0.00876. The van der Waals surface area contributed by atoms with Crippen molar-refractivity contribution < 1.29 is 19.1 Å². The van der Waals surface area contributed by atoms with Gasteiger partial charge in [-0.1, -0.05) is 74.9 Å². The van der Waals surface area contributed by atoms with Crippen LogP contribution in [0.15, 0.2) is 12.1 Å². The van der Waals surface area contributed by atoms with Gasteiger partial charge >= 0.3 is 5.97 Å². The largest absolute Gasteiger partial charge is 0.468 e. The number of halogens is 1. The van der Waals surface area contributed by atoms with E-state index in [-0.39, 0.29) is 23.3 Å². The van der Waals surface area contributed by atoms with E-state index in [0.717, 1.165) is 36.6 Å². The van der Waals surface area contributed by atoms with Gasteiger partial charge in [0.15, 0.2) is 5.12 Å². The number of rotatable bonds is 13. The molecule has 0 aliphatic rings. The van der Waals surface area contributed by atoms with Crippen molar-refractivity contribution in [3.8, 4) is 0 Å². The summed E-state index contributed by atoms with van der Waals surface area (Å²) in [5, 5.41) is 0.524. The van der Waals surface area contributed by atoms with Gasteiger partial charge in [-0.05, 0) is 37.5 Å². The zero-order chi connectivity index (χ0) is 22.5. The van der Waals surface area contributed by atoms with Crippen molar-refractivity contribution in [3.05, 3.63) is 28.3 Å². The third kappa shape index (κ3) is 9.09. The minimum Gasteiger partial charge on any atom is -0.468 e. The summed E-state index contributed by atoms with van der Waals surface area (Å²) in [5.74, 6) is -0.856. The number of hydrogen-bond acceptors (Lipinski definition) is 5. The first-order chi connectivity index (χ1) is 14.3. The van der Waals surface area contributed by atoms with Crippen molar-refractivity contribution in [1.82, 2.24) is 0 Å². The maximum Gasteiger partial charge on any atom is 0.325 e. The smallest absolute Gasteiger partial charge is 0.325 e. The Morgan fingerprint density at radius 2 is 1.67 bits per heavy atom. The lowest BCUT2D eigenvalue weighted by Gasteiger charge is -2.25. The van der Waals surface area contributed by atoms with Crippen LogP contribution in [0.3, 0.4) is 0 Å². The number of carbonyl (C=O) groups excluding carboxylic acids is 3. The summed E-state index contributed by atoms with van der Waals surface area (Å²) in [4.78, 5) is 38.3. The first kappa shape index (κ1) is 26.5. The maximum absolute atomic E-state index is 12.9. The number of anilines is 1. The number of benzene rings is 1. The number of ether oxygens (including phenoxy) is 1. The average molecular weight is 456 g/mol. The monoisotopic (exact) mass is 455 g/mol. The zero-order valence-corrected chi connectivity index (χ0v) is 20.2. The zero-order valence-electron chi connectivity index (χ0n) is 18.6. The molecule has 0 aliphatic heterocycles. The Labute approximate surface area is 189 Å². The number of carbonyl (C=O) groups is 3. The van der Waals surface area contributed by atoms with Gasteiger partial charge in [0.2, 0.25) is 5.91 Å². The normalized spacial score (nSPS) is 10.7. The number of amides is 1. The molecule has 0 saturated carbocycles. The SMILES string of the molecule is CCCCCCCCCC(=O)SCC(=O)N(CC(=O)OC)c1c(C)ccc(Cl)c1C. The second-order valence-electron chi connectivity index (χ2n) is 7.43. The van der Waals surface area contributed by atoms with E-state index in [2.05, 4.69) is 6.92 Å². The van der Waals surface area contributed by atoms with Gasteiger partial charge in [-0.15, -0.1) is 0 Å². The molecule has 0 spiro atoms. The van der Waals surface area contributed by atoms with Gasteiger partial charge in [-0.2, -0.15) is 0 Å². The van der Waals surface area contributed by atoms with Gasteiger partial charge in [0.25, 0.3) is 0 Å². The van der Waals surface area contributed by atoms with E-state index in [1.807, 2.05) is 6.92 Å². The van der Waals surface area contributed by atoms with Crippen molar-refractivity contribution in [1.29, 1.82) is 0 Å². The highest BCUT2D eigenvalue weighted by molar-refractivity contribution is 8.14. The van der Waals surface area contributed by atoms with E-state index in [4.69, 9.17) is 16.3 Å². The number of unbranched alkanes of at least 4 members (excludes halogenated alkanes) is 6. The molecule has 0 radical (unpaired) electrons. The number of thioether (sulfide) groups is 1. The summed E-state index contributed by atoms with van der Waals surface area (Å²) >= 11 is 7.24. The molecule has 30 heavy (non-hydrogen) atoms. The summed E-state index contributed by atoms with van der Waals surface area (Å²) in [6.07, 6.45) is 8.48. The van der Waals surface area contributed by atoms with Crippen LogP contribution in [0, 0.1) is 13.8 Å². The summed E-state index contributed by atoms with van der Waals surface area (Å²) < 4.78 is 4.75. The first-order valence-electron chi connectivity index (χ1n) is 10.6. The summed E-state index contributed by atoms with van der Waals surface area (Å²) in [6, 6.07) is 3.57. The molecule has 1 amide bonds. The van der Waals surface area contributed by atoms with Gasteiger partial charge in [0.05, 0.1) is 18.6 Å². The second kappa shape index (κ2) is 14.5. The maximum atomic E-state index is 12.9. The molecular weight excluding hydrogens is 422 g/mol. The summed E-state index contributed by atoms with van der Waals surface area (Å²) in [7, 11) is 1.28. The molecule has 0 fully saturated rings. The lowest BCUT2D eigenvalue weighted by Crippen LogP contribution is -2.38. The molecule has 1 aromatic carbocycles. The molecule has 0 aromatic heterocycles. The Bertz CT molecular complexity index is 723. The van der Waals surface area contributed by atoms with Gasteiger partial charge in [-0.3, -0.25) is 19.3 Å². The number of aryl methyl sites for hydroxylation is 1. The Balaban J connectivity index is 2.64. The van der Waals surface area contributed by atoms with Crippen molar-refractivity contribution in [2.75, 3.05) is 24.3 Å².